The predicted octanol–water partition coefficient (Wildman–Crippen LogP) is 0.697. The smallest absolute Gasteiger partial charge is 0.161 e. The summed E-state index contributed by atoms with van der Waals surface area (Å²) >= 11 is 0. The number of nitrogens with one attached hydrogen (secondary N) is 1. The Bertz CT molecular complexity index is 151. The summed E-state index contributed by atoms with van der Waals surface area (Å²) in [5.41, 5.74) is 0. The fourth-order valence-corrected chi connectivity index (χ4v) is 0.825. The predicted molar refractivity (Wildman–Crippen MR) is 35.9 cm³/mol. The highest BCUT2D eigenvalue weighted by Crippen LogP contribution is 2.08. The molecule has 1 N–H and O–H groups in total. The molecule has 0 aromatic carbocycles. The van der Waals surface area contributed by atoms with E-state index in [2.05, 4.69) is 5.32 Å². The fourth-order valence-electron chi connectivity index (χ4n) is 0.825. The Hall–Kier alpha value is -0.790. The van der Waals surface area contributed by atoms with Gasteiger partial charge in [-0.15, -0.1) is 0 Å². The average Bonchev–Trinajstić information content (AvgIpc) is 1.83. The highest BCUT2D eigenvalue weighted by molar-refractivity contribution is 5.92. The number of rotatable bonds is 0. The molecule has 1 aliphatic rings. The second kappa shape index (κ2) is 2.21. The Labute approximate surface area is 54.9 Å². The number of ketones is 1. The Kier molecular flexibility index (Phi) is 1.56. The van der Waals surface area contributed by atoms with E-state index in [9.17, 15) is 4.79 Å². The van der Waals surface area contributed by atoms with Gasteiger partial charge in [0.2, 0.25) is 0 Å². The van der Waals surface area contributed by atoms with Gasteiger partial charge in [0.1, 0.15) is 0 Å². The van der Waals surface area contributed by atoms with Crippen LogP contribution in [0.1, 0.15) is 13.8 Å². The molecule has 0 unspecified atom stereocenters. The van der Waals surface area contributed by atoms with Gasteiger partial charge in [-0.25, -0.2) is 0 Å². The topological polar surface area (TPSA) is 29.1 Å². The lowest BCUT2D eigenvalue weighted by Gasteiger charge is -2.21. The van der Waals surface area contributed by atoms with Crippen LogP contribution in [0.3, 0.4) is 0 Å². The normalized spacial score (nSPS) is 34.2. The minimum atomic E-state index is 0.134. The van der Waals surface area contributed by atoms with E-state index in [1.54, 1.807) is 12.3 Å². The van der Waals surface area contributed by atoms with Crippen molar-refractivity contribution in [2.45, 2.75) is 19.9 Å². The molecule has 2 atom stereocenters. The summed E-state index contributed by atoms with van der Waals surface area (Å²) in [5.74, 6) is 0.358. The zero-order valence-electron chi connectivity index (χ0n) is 5.72. The Morgan fingerprint density at radius 1 is 1.56 bits per heavy atom. The van der Waals surface area contributed by atoms with Crippen molar-refractivity contribution in [2.75, 3.05) is 0 Å². The highest BCUT2D eigenvalue weighted by Gasteiger charge is 2.19. The fraction of sp³-hybridized carbons (Fsp3) is 0.571. The molecule has 0 saturated carbocycles. The summed E-state index contributed by atoms with van der Waals surface area (Å²) in [6, 6.07) is 0.294. The van der Waals surface area contributed by atoms with Crippen molar-refractivity contribution < 1.29 is 4.79 Å². The van der Waals surface area contributed by atoms with E-state index >= 15 is 0 Å². The molecule has 1 heterocycles. The van der Waals surface area contributed by atoms with Crippen molar-refractivity contribution in [3.05, 3.63) is 12.3 Å². The second-order valence-corrected chi connectivity index (χ2v) is 2.48. The van der Waals surface area contributed by atoms with Crippen molar-refractivity contribution in [3.8, 4) is 0 Å². The molecule has 2 heteroatoms. The summed E-state index contributed by atoms with van der Waals surface area (Å²) in [5, 5.41) is 3.06. The molecule has 0 aliphatic carbocycles. The van der Waals surface area contributed by atoms with Gasteiger partial charge < -0.3 is 5.32 Å². The van der Waals surface area contributed by atoms with Crippen LogP contribution in [0.15, 0.2) is 12.3 Å². The zero-order valence-corrected chi connectivity index (χ0v) is 5.72. The van der Waals surface area contributed by atoms with Crippen LogP contribution in [-0.2, 0) is 4.79 Å². The van der Waals surface area contributed by atoms with Gasteiger partial charge >= 0.3 is 0 Å². The van der Waals surface area contributed by atoms with Crippen LogP contribution in [0.25, 0.3) is 0 Å². The van der Waals surface area contributed by atoms with Crippen LogP contribution in [0.5, 0.6) is 0 Å². The van der Waals surface area contributed by atoms with Crippen LogP contribution in [-0.4, -0.2) is 11.8 Å². The van der Waals surface area contributed by atoms with Crippen LogP contribution in [0, 0.1) is 5.92 Å². The van der Waals surface area contributed by atoms with Crippen LogP contribution >= 0.6 is 0 Å². The lowest BCUT2D eigenvalue weighted by molar-refractivity contribution is -0.118. The second-order valence-electron chi connectivity index (χ2n) is 2.48. The van der Waals surface area contributed by atoms with Gasteiger partial charge in [0, 0.05) is 18.2 Å². The van der Waals surface area contributed by atoms with E-state index in [1.165, 1.54) is 0 Å². The van der Waals surface area contributed by atoms with Gasteiger partial charge in [-0.05, 0) is 13.0 Å². The number of carbonyl (C=O) groups is 1. The molecule has 50 valence electrons. The maximum absolute atomic E-state index is 10.9. The molecule has 0 amide bonds. The summed E-state index contributed by atoms with van der Waals surface area (Å²) in [6.45, 7) is 3.94. The van der Waals surface area contributed by atoms with E-state index in [0.29, 0.717) is 6.04 Å². The van der Waals surface area contributed by atoms with E-state index in [1.807, 2.05) is 13.8 Å². The van der Waals surface area contributed by atoms with Gasteiger partial charge in [0.05, 0.1) is 0 Å². The molecule has 0 radical (unpaired) electrons. The Morgan fingerprint density at radius 2 is 2.22 bits per heavy atom. The lowest BCUT2D eigenvalue weighted by atomic mass is 9.96. The summed E-state index contributed by atoms with van der Waals surface area (Å²) in [7, 11) is 0. The third-order valence-corrected chi connectivity index (χ3v) is 1.81. The highest BCUT2D eigenvalue weighted by atomic mass is 16.1. The molecule has 9 heavy (non-hydrogen) atoms. The van der Waals surface area contributed by atoms with Crippen molar-refractivity contribution >= 4 is 5.78 Å². The lowest BCUT2D eigenvalue weighted by Crippen LogP contribution is -2.36. The molecule has 1 aliphatic heterocycles. The third kappa shape index (κ3) is 1.12. The molecule has 0 bridgehead atoms. The van der Waals surface area contributed by atoms with Crippen LogP contribution in [0.4, 0.5) is 0 Å². The molecule has 0 aromatic rings. The molecule has 1 rings (SSSR count). The van der Waals surface area contributed by atoms with E-state index < -0.39 is 0 Å². The van der Waals surface area contributed by atoms with Crippen molar-refractivity contribution in [2.24, 2.45) is 5.92 Å². The van der Waals surface area contributed by atoms with Gasteiger partial charge in [0.25, 0.3) is 0 Å². The molecular weight excluding hydrogens is 114 g/mol. The maximum atomic E-state index is 10.9. The number of hydrogen-bond donors (Lipinski definition) is 1. The minimum Gasteiger partial charge on any atom is -0.388 e. The Morgan fingerprint density at radius 3 is 2.67 bits per heavy atom. The summed E-state index contributed by atoms with van der Waals surface area (Å²) in [4.78, 5) is 10.9. The maximum Gasteiger partial charge on any atom is 0.161 e. The Balaban J connectivity index is 2.69. The number of carbonyl (C=O) groups excluding carboxylic acids is 1. The molecule has 0 saturated heterocycles. The van der Waals surface area contributed by atoms with Crippen LogP contribution < -0.4 is 5.32 Å². The number of hydrogen-bond acceptors (Lipinski definition) is 2. The minimum absolute atomic E-state index is 0.134. The van der Waals surface area contributed by atoms with Crippen molar-refractivity contribution in [3.63, 3.8) is 0 Å². The monoisotopic (exact) mass is 125 g/mol. The zero-order chi connectivity index (χ0) is 6.85. The standard InChI is InChI=1S/C7H11NO/c1-5-6(2)8-4-3-7(5)9/h3-6,8H,1-2H3/t5-,6+/m1/s1. The van der Waals surface area contributed by atoms with Crippen molar-refractivity contribution in [1.29, 1.82) is 0 Å². The van der Waals surface area contributed by atoms with Gasteiger partial charge in [-0.1, -0.05) is 6.92 Å². The molecule has 0 fully saturated rings. The van der Waals surface area contributed by atoms with E-state index in [-0.39, 0.29) is 11.7 Å². The molecule has 0 aromatic heterocycles. The van der Waals surface area contributed by atoms with Gasteiger partial charge in [-0.3, -0.25) is 4.79 Å². The average molecular weight is 125 g/mol. The summed E-state index contributed by atoms with van der Waals surface area (Å²) < 4.78 is 0. The first-order chi connectivity index (χ1) is 4.22. The largest absolute Gasteiger partial charge is 0.388 e. The SMILES string of the molecule is C[C@@H]1NC=CC(=O)[C@@H]1C. The first-order valence-electron chi connectivity index (χ1n) is 3.18. The van der Waals surface area contributed by atoms with Gasteiger partial charge in [0.15, 0.2) is 5.78 Å². The first-order valence-corrected chi connectivity index (χ1v) is 3.18. The van der Waals surface area contributed by atoms with E-state index in [4.69, 9.17) is 0 Å². The first kappa shape index (κ1) is 6.33. The summed E-state index contributed by atoms with van der Waals surface area (Å²) in [6.07, 6.45) is 3.30. The molecule has 0 spiro atoms. The van der Waals surface area contributed by atoms with E-state index in [0.717, 1.165) is 0 Å². The van der Waals surface area contributed by atoms with Gasteiger partial charge in [-0.2, -0.15) is 0 Å². The third-order valence-electron chi connectivity index (χ3n) is 1.81. The molecular formula is C7H11NO. The quantitative estimate of drug-likeness (QED) is 0.516. The molecule has 2 nitrogen and oxygen atoms in total. The van der Waals surface area contributed by atoms with Crippen LogP contribution in [0.2, 0.25) is 0 Å². The van der Waals surface area contributed by atoms with Crippen molar-refractivity contribution in [1.82, 2.24) is 5.32 Å². The number of allylic oxidation sites excluding steroid dienone is 1.